The molecule has 1 atom stereocenters. The van der Waals surface area contributed by atoms with Gasteiger partial charge >= 0.3 is 0 Å². The van der Waals surface area contributed by atoms with Gasteiger partial charge in [-0.15, -0.1) is 10.2 Å². The number of rotatable bonds is 8. The van der Waals surface area contributed by atoms with Crippen molar-refractivity contribution in [2.24, 2.45) is 0 Å². The Morgan fingerprint density at radius 2 is 1.65 bits per heavy atom. The van der Waals surface area contributed by atoms with Crippen molar-refractivity contribution in [1.82, 2.24) is 10.2 Å². The van der Waals surface area contributed by atoms with E-state index in [-0.39, 0.29) is 22.8 Å². The largest absolute Gasteiger partial charge is 0.325 e. The lowest BCUT2D eigenvalue weighted by atomic mass is 10.1. The molecule has 160 valence electrons. The van der Waals surface area contributed by atoms with Gasteiger partial charge in [-0.2, -0.15) is 0 Å². The topological polar surface area (TPSA) is 101 Å². The van der Waals surface area contributed by atoms with Crippen molar-refractivity contribution < 1.29 is 14.4 Å². The summed E-state index contributed by atoms with van der Waals surface area (Å²) in [4.78, 5) is 36.3. The van der Waals surface area contributed by atoms with Crippen molar-refractivity contribution in [2.75, 3.05) is 10.6 Å². The first kappa shape index (κ1) is 22.9. The number of halogens is 1. The fourth-order valence-electron chi connectivity index (χ4n) is 2.53. The lowest BCUT2D eigenvalue weighted by Crippen LogP contribution is -2.24. The molecule has 0 bridgehead atoms. The number of ketones is 1. The molecule has 2 N–H and O–H groups in total. The fourth-order valence-corrected chi connectivity index (χ4v) is 4.57. The second kappa shape index (κ2) is 10.5. The molecule has 0 spiro atoms. The minimum atomic E-state index is -0.389. The molecular formula is C21H19ClN4O3S2. The first-order valence-corrected chi connectivity index (χ1v) is 11.4. The molecule has 0 aliphatic carbocycles. The van der Waals surface area contributed by atoms with Crippen LogP contribution >= 0.6 is 34.7 Å². The molecule has 0 unspecified atom stereocenters. The maximum atomic E-state index is 12.6. The standard InChI is InChI=1S/C21H19ClN4O3S2/c1-3-17(19(29)23-16-10-6-13(7-11-16)12(2)27)30-21-26-25-20(31-21)24-18(28)14-4-8-15(22)9-5-14/h4-11,17H,3H2,1-2H3,(H,23,29)(H,24,25,28)/t17-/m0/s1. The number of nitrogens with one attached hydrogen (secondary N) is 2. The lowest BCUT2D eigenvalue weighted by Gasteiger charge is -2.13. The number of nitrogens with zero attached hydrogens (tertiary/aromatic N) is 2. The van der Waals surface area contributed by atoms with E-state index in [9.17, 15) is 14.4 Å². The Morgan fingerprint density at radius 1 is 1.00 bits per heavy atom. The molecule has 0 fully saturated rings. The summed E-state index contributed by atoms with van der Waals surface area (Å²) < 4.78 is 0.570. The summed E-state index contributed by atoms with van der Waals surface area (Å²) in [6.45, 7) is 3.39. The van der Waals surface area contributed by atoms with Crippen LogP contribution in [0.3, 0.4) is 0 Å². The molecule has 3 aromatic rings. The summed E-state index contributed by atoms with van der Waals surface area (Å²) >= 11 is 8.31. The third-order valence-corrected chi connectivity index (χ3v) is 6.74. The van der Waals surface area contributed by atoms with Crippen molar-refractivity contribution in [2.45, 2.75) is 29.9 Å². The molecule has 0 aliphatic heterocycles. The second-order valence-corrected chi connectivity index (χ2v) is 9.34. The molecule has 1 heterocycles. The van der Waals surface area contributed by atoms with Crippen LogP contribution in [-0.2, 0) is 4.79 Å². The van der Waals surface area contributed by atoms with Gasteiger partial charge in [-0.1, -0.05) is 41.6 Å². The number of benzene rings is 2. The van der Waals surface area contributed by atoms with Crippen LogP contribution in [0.25, 0.3) is 0 Å². The van der Waals surface area contributed by atoms with E-state index in [1.54, 1.807) is 48.5 Å². The van der Waals surface area contributed by atoms with E-state index in [0.29, 0.717) is 37.7 Å². The molecule has 2 aromatic carbocycles. The highest BCUT2D eigenvalue weighted by atomic mass is 35.5. The molecule has 0 saturated carbocycles. The Kier molecular flexibility index (Phi) is 7.78. The molecule has 7 nitrogen and oxygen atoms in total. The maximum Gasteiger partial charge on any atom is 0.257 e. The van der Waals surface area contributed by atoms with Crippen molar-refractivity contribution in [3.05, 3.63) is 64.7 Å². The van der Waals surface area contributed by atoms with Crippen LogP contribution in [0, 0.1) is 0 Å². The zero-order valence-electron chi connectivity index (χ0n) is 16.7. The second-order valence-electron chi connectivity index (χ2n) is 6.47. The van der Waals surface area contributed by atoms with Crippen molar-refractivity contribution in [1.29, 1.82) is 0 Å². The Hall–Kier alpha value is -2.75. The van der Waals surface area contributed by atoms with Crippen LogP contribution in [0.5, 0.6) is 0 Å². The Labute approximate surface area is 192 Å². The number of carbonyl (C=O) groups excluding carboxylic acids is 3. The molecular weight excluding hydrogens is 456 g/mol. The quantitative estimate of drug-likeness (QED) is 0.266. The van der Waals surface area contributed by atoms with Gasteiger partial charge < -0.3 is 5.32 Å². The van der Waals surface area contributed by atoms with Gasteiger partial charge in [-0.25, -0.2) is 0 Å². The van der Waals surface area contributed by atoms with Crippen LogP contribution in [0.1, 0.15) is 41.0 Å². The van der Waals surface area contributed by atoms with Crippen molar-refractivity contribution in [3.8, 4) is 0 Å². The smallest absolute Gasteiger partial charge is 0.257 e. The average molecular weight is 475 g/mol. The Balaban J connectivity index is 1.59. The first-order chi connectivity index (χ1) is 14.9. The van der Waals surface area contributed by atoms with E-state index >= 15 is 0 Å². The number of aromatic nitrogens is 2. The van der Waals surface area contributed by atoms with E-state index in [4.69, 9.17) is 11.6 Å². The first-order valence-electron chi connectivity index (χ1n) is 9.34. The van der Waals surface area contributed by atoms with E-state index in [0.717, 1.165) is 0 Å². The van der Waals surface area contributed by atoms with Crippen LogP contribution in [-0.4, -0.2) is 33.0 Å². The molecule has 1 aromatic heterocycles. The van der Waals surface area contributed by atoms with Gasteiger partial charge in [0.25, 0.3) is 5.91 Å². The summed E-state index contributed by atoms with van der Waals surface area (Å²) in [5.41, 5.74) is 1.65. The Bertz CT molecular complexity index is 1080. The summed E-state index contributed by atoms with van der Waals surface area (Å²) in [5, 5.41) is 14.1. The van der Waals surface area contributed by atoms with E-state index < -0.39 is 0 Å². The van der Waals surface area contributed by atoms with Gasteiger partial charge in [0.1, 0.15) is 0 Å². The molecule has 0 radical (unpaired) electrons. The molecule has 0 aliphatic rings. The number of hydrogen-bond acceptors (Lipinski definition) is 7. The zero-order chi connectivity index (χ0) is 22.4. The van der Waals surface area contributed by atoms with Gasteiger partial charge in [0, 0.05) is 21.8 Å². The van der Waals surface area contributed by atoms with Gasteiger partial charge in [-0.05, 0) is 61.9 Å². The number of hydrogen-bond donors (Lipinski definition) is 2. The predicted octanol–water partition coefficient (Wildman–Crippen LogP) is 5.16. The number of carbonyl (C=O) groups is 3. The highest BCUT2D eigenvalue weighted by Gasteiger charge is 2.21. The minimum absolute atomic E-state index is 0.0323. The molecule has 31 heavy (non-hydrogen) atoms. The number of Topliss-reactive ketones (excluding diaryl/α,β-unsaturated/α-hetero) is 1. The fraction of sp³-hybridized carbons (Fsp3) is 0.190. The maximum absolute atomic E-state index is 12.6. The van der Waals surface area contributed by atoms with Gasteiger partial charge in [0.15, 0.2) is 10.1 Å². The number of anilines is 2. The summed E-state index contributed by atoms with van der Waals surface area (Å²) in [6, 6.07) is 13.2. The Morgan fingerprint density at radius 3 is 2.26 bits per heavy atom. The van der Waals surface area contributed by atoms with Gasteiger partial charge in [0.05, 0.1) is 5.25 Å². The third kappa shape index (κ3) is 6.36. The van der Waals surface area contributed by atoms with Crippen molar-refractivity contribution in [3.63, 3.8) is 0 Å². The zero-order valence-corrected chi connectivity index (χ0v) is 19.1. The van der Waals surface area contributed by atoms with Crippen molar-refractivity contribution >= 4 is 63.1 Å². The SMILES string of the molecule is CC[C@H](Sc1nnc(NC(=O)c2ccc(Cl)cc2)s1)C(=O)Nc1ccc(C(C)=O)cc1. The average Bonchev–Trinajstić information content (AvgIpc) is 3.19. The van der Waals surface area contributed by atoms with Gasteiger partial charge in [0.2, 0.25) is 11.0 Å². The summed E-state index contributed by atoms with van der Waals surface area (Å²) in [5.74, 6) is -0.525. The van der Waals surface area contributed by atoms with E-state index in [1.165, 1.54) is 30.0 Å². The predicted molar refractivity (Wildman–Crippen MR) is 124 cm³/mol. The highest BCUT2D eigenvalue weighted by molar-refractivity contribution is 8.02. The molecule has 2 amide bonds. The van der Waals surface area contributed by atoms with Crippen LogP contribution in [0.2, 0.25) is 5.02 Å². The third-order valence-electron chi connectivity index (χ3n) is 4.20. The molecule has 3 rings (SSSR count). The van der Waals surface area contributed by atoms with E-state index in [2.05, 4.69) is 20.8 Å². The molecule has 0 saturated heterocycles. The summed E-state index contributed by atoms with van der Waals surface area (Å²) in [7, 11) is 0. The minimum Gasteiger partial charge on any atom is -0.325 e. The number of amides is 2. The van der Waals surface area contributed by atoms with Gasteiger partial charge in [-0.3, -0.25) is 19.7 Å². The van der Waals surface area contributed by atoms with Crippen LogP contribution in [0.15, 0.2) is 52.9 Å². The van der Waals surface area contributed by atoms with Crippen LogP contribution < -0.4 is 10.6 Å². The van der Waals surface area contributed by atoms with E-state index in [1.807, 2.05) is 6.92 Å². The highest BCUT2D eigenvalue weighted by Crippen LogP contribution is 2.31. The molecule has 10 heteroatoms. The number of thioether (sulfide) groups is 1. The van der Waals surface area contributed by atoms with Crippen LogP contribution in [0.4, 0.5) is 10.8 Å². The summed E-state index contributed by atoms with van der Waals surface area (Å²) in [6.07, 6.45) is 0.577. The lowest BCUT2D eigenvalue weighted by molar-refractivity contribution is -0.115. The monoisotopic (exact) mass is 474 g/mol. The normalized spacial score (nSPS) is 11.6.